The first-order valence-electron chi connectivity index (χ1n) is 4.13. The van der Waals surface area contributed by atoms with Crippen LogP contribution in [0.2, 0.25) is 0 Å². The first-order chi connectivity index (χ1) is 7.10. The van der Waals surface area contributed by atoms with E-state index >= 15 is 0 Å². The highest BCUT2D eigenvalue weighted by Crippen LogP contribution is 2.24. The van der Waals surface area contributed by atoms with E-state index in [1.165, 1.54) is 6.92 Å². The molecule has 0 aromatic heterocycles. The Morgan fingerprint density at radius 1 is 1.06 bits per heavy atom. The lowest BCUT2D eigenvalue weighted by molar-refractivity contribution is -0.362. The molecule has 0 aromatic rings. The van der Waals surface area contributed by atoms with Gasteiger partial charge in [-0.1, -0.05) is 0 Å². The lowest BCUT2D eigenvalue weighted by Gasteiger charge is -2.22. The zero-order valence-corrected chi connectivity index (χ0v) is 9.50. The average Bonchev–Trinajstić information content (AvgIpc) is 2.03. The van der Waals surface area contributed by atoms with Crippen LogP contribution in [0, 0.1) is 0 Å². The number of alkyl halides is 5. The number of ether oxygens (including phenoxy) is 1. The van der Waals surface area contributed by atoms with Crippen molar-refractivity contribution in [2.75, 3.05) is 20.5 Å². The van der Waals surface area contributed by atoms with E-state index in [-0.39, 0.29) is 6.67 Å². The van der Waals surface area contributed by atoms with Crippen LogP contribution >= 0.6 is 0 Å². The summed E-state index contributed by atoms with van der Waals surface area (Å²) in [6.07, 6.45) is -4.75. The van der Waals surface area contributed by atoms with E-state index in [4.69, 9.17) is 0 Å². The fourth-order valence-corrected chi connectivity index (χ4v) is 0.341. The van der Waals surface area contributed by atoms with Crippen LogP contribution in [0.25, 0.3) is 0 Å². The summed E-state index contributed by atoms with van der Waals surface area (Å²) < 4.78 is 69.2. The van der Waals surface area contributed by atoms with Gasteiger partial charge >= 0.3 is 6.36 Å². The molecule has 0 unspecified atom stereocenters. The number of hydrogen-bond donors (Lipinski definition) is 0. The Balaban J connectivity index is -0.000000235. The summed E-state index contributed by atoms with van der Waals surface area (Å²) in [6.45, 7) is 2.10. The van der Waals surface area contributed by atoms with Crippen molar-refractivity contribution in [3.63, 3.8) is 0 Å². The van der Waals surface area contributed by atoms with Gasteiger partial charge in [0, 0.05) is 0 Å². The molecule has 0 aliphatic rings. The van der Waals surface area contributed by atoms with Crippen molar-refractivity contribution in [3.05, 3.63) is 0 Å². The second-order valence-electron chi connectivity index (χ2n) is 2.86. The first-order valence-corrected chi connectivity index (χ1v) is 4.13. The smallest absolute Gasteiger partial charge is 0.283 e. The maximum absolute atomic E-state index is 11.7. The van der Waals surface area contributed by atoms with E-state index in [1.54, 1.807) is 0 Å². The maximum Gasteiger partial charge on any atom is 0.523 e. The van der Waals surface area contributed by atoms with Crippen LogP contribution in [0.1, 0.15) is 20.8 Å². The molecule has 0 saturated carbocycles. The van der Waals surface area contributed by atoms with E-state index in [9.17, 15) is 26.5 Å². The van der Waals surface area contributed by atoms with Crippen molar-refractivity contribution in [2.24, 2.45) is 0 Å². The van der Waals surface area contributed by atoms with Gasteiger partial charge in [0.15, 0.2) is 0 Å². The second kappa shape index (κ2) is 11.0. The van der Waals surface area contributed by atoms with Gasteiger partial charge in [-0.25, -0.2) is 4.39 Å². The third kappa shape index (κ3) is 29.2. The van der Waals surface area contributed by atoms with Gasteiger partial charge in [0.05, 0.1) is 13.8 Å². The Morgan fingerprint density at radius 2 is 1.31 bits per heavy atom. The molecule has 0 fully saturated rings. The van der Waals surface area contributed by atoms with Crippen molar-refractivity contribution < 1.29 is 36.2 Å². The number of halogens is 6. The highest BCUT2D eigenvalue weighted by molar-refractivity contribution is 4.66. The summed E-state index contributed by atoms with van der Waals surface area (Å²) in [4.78, 5) is 2.75. The van der Waals surface area contributed by atoms with Crippen LogP contribution in [-0.4, -0.2) is 32.4 Å². The number of hydrogen-bond acceptors (Lipinski definition) is 2. The van der Waals surface area contributed by atoms with Gasteiger partial charge in [-0.3, -0.25) is 9.13 Å². The predicted octanol–water partition coefficient (Wildman–Crippen LogP) is 3.76. The molecule has 0 N–H and O–H groups in total. The zero-order chi connectivity index (χ0) is 13.8. The summed E-state index contributed by atoms with van der Waals surface area (Å²) in [5.74, 6) is 0. The van der Waals surface area contributed by atoms with Gasteiger partial charge < -0.3 is 0 Å². The quantitative estimate of drug-likeness (QED) is 0.702. The average molecular weight is 258 g/mol. The molecule has 0 spiro atoms. The third-order valence-electron chi connectivity index (χ3n) is 0.714. The molecule has 0 radical (unpaired) electrons. The van der Waals surface area contributed by atoms with Crippen LogP contribution in [0.5, 0.6) is 0 Å². The van der Waals surface area contributed by atoms with Gasteiger partial charge in [0.1, 0.15) is 12.3 Å². The topological polar surface area (TPSA) is 18.5 Å². The van der Waals surface area contributed by atoms with Crippen LogP contribution in [0.15, 0.2) is 0 Å². The van der Waals surface area contributed by atoms with Gasteiger partial charge in [-0.15, -0.1) is 13.2 Å². The SMILES string of the molecule is CC(C)(CF)OC(F)(F)F.CCF.COF. The zero-order valence-electron chi connectivity index (χ0n) is 9.50. The van der Waals surface area contributed by atoms with Crippen molar-refractivity contribution in [1.82, 2.24) is 0 Å². The largest absolute Gasteiger partial charge is 0.523 e. The molecule has 0 bridgehead atoms. The summed E-state index contributed by atoms with van der Waals surface area (Å²) >= 11 is 0. The van der Waals surface area contributed by atoms with Gasteiger partial charge in [-0.05, 0) is 25.3 Å². The standard InChI is InChI=1S/C5H8F4O.C2H5F.CH3FO/c1-4(2,3-6)10-5(7,8)9;1-2-3;1-3-2/h3H2,1-2H3;2H2,1H3;1H3. The van der Waals surface area contributed by atoms with E-state index < -0.39 is 18.6 Å². The minimum absolute atomic E-state index is 0.250. The predicted molar refractivity (Wildman–Crippen MR) is 47.0 cm³/mol. The fraction of sp³-hybridized carbons (Fsp3) is 1.00. The normalized spacial score (nSPS) is 10.9. The molecule has 0 rings (SSSR count). The lowest BCUT2D eigenvalue weighted by Crippen LogP contribution is -2.34. The molecule has 0 aliphatic carbocycles. The summed E-state index contributed by atoms with van der Waals surface area (Å²) in [6, 6.07) is 0. The van der Waals surface area contributed by atoms with Crippen LogP contribution in [0.4, 0.5) is 26.5 Å². The molecule has 0 heterocycles. The van der Waals surface area contributed by atoms with Crippen LogP contribution in [0.3, 0.4) is 0 Å². The monoisotopic (exact) mass is 258 g/mol. The highest BCUT2D eigenvalue weighted by atomic mass is 19.4. The molecular formula is C8H16F6O2. The molecule has 16 heavy (non-hydrogen) atoms. The molecule has 0 atom stereocenters. The highest BCUT2D eigenvalue weighted by Gasteiger charge is 2.37. The fourth-order valence-electron chi connectivity index (χ4n) is 0.341. The molecule has 102 valence electrons. The second-order valence-corrected chi connectivity index (χ2v) is 2.86. The van der Waals surface area contributed by atoms with E-state index in [2.05, 4.69) is 9.68 Å². The van der Waals surface area contributed by atoms with Crippen molar-refractivity contribution in [1.29, 1.82) is 0 Å². The minimum atomic E-state index is -4.75. The lowest BCUT2D eigenvalue weighted by atomic mass is 10.2. The van der Waals surface area contributed by atoms with Crippen LogP contribution in [-0.2, 0) is 9.68 Å². The number of rotatable bonds is 2. The Labute approximate surface area is 90.4 Å². The van der Waals surface area contributed by atoms with E-state index in [0.717, 1.165) is 21.0 Å². The van der Waals surface area contributed by atoms with Crippen molar-refractivity contribution in [3.8, 4) is 0 Å². The molecule has 0 saturated heterocycles. The van der Waals surface area contributed by atoms with Gasteiger partial charge in [-0.2, -0.15) is 4.94 Å². The van der Waals surface area contributed by atoms with Crippen molar-refractivity contribution >= 4 is 0 Å². The maximum atomic E-state index is 11.7. The molecule has 0 amide bonds. The molecule has 0 aliphatic heterocycles. The van der Waals surface area contributed by atoms with Gasteiger partial charge in [0.25, 0.3) is 0 Å². The van der Waals surface area contributed by atoms with Crippen molar-refractivity contribution in [2.45, 2.75) is 32.7 Å². The molecule has 8 heteroatoms. The molecule has 0 aromatic carbocycles. The van der Waals surface area contributed by atoms with Crippen LogP contribution < -0.4 is 0 Å². The molecule has 2 nitrogen and oxygen atoms in total. The minimum Gasteiger partial charge on any atom is -0.283 e. The summed E-state index contributed by atoms with van der Waals surface area (Å²) in [5.41, 5.74) is -1.77. The molecular weight excluding hydrogens is 242 g/mol. The summed E-state index contributed by atoms with van der Waals surface area (Å²) in [7, 11) is 0.958. The Hall–Kier alpha value is -0.500. The third-order valence-corrected chi connectivity index (χ3v) is 0.714. The van der Waals surface area contributed by atoms with Gasteiger partial charge in [0.2, 0.25) is 0 Å². The summed E-state index contributed by atoms with van der Waals surface area (Å²) in [5, 5.41) is 0. The van der Waals surface area contributed by atoms with E-state index in [0.29, 0.717) is 0 Å². The Kier molecular flexibility index (Phi) is 14.3. The Bertz CT molecular complexity index is 135. The first kappa shape index (κ1) is 20.9. The Morgan fingerprint density at radius 3 is 1.38 bits per heavy atom. The van der Waals surface area contributed by atoms with E-state index in [1.807, 2.05) is 0 Å².